The van der Waals surface area contributed by atoms with Crippen molar-refractivity contribution in [1.82, 2.24) is 0 Å². The topological polar surface area (TPSA) is 89.3 Å². The van der Waals surface area contributed by atoms with Gasteiger partial charge in [-0.15, -0.1) is 0 Å². The van der Waals surface area contributed by atoms with Crippen LogP contribution in [0.25, 0.3) is 0 Å². The molecule has 0 aromatic heterocycles. The van der Waals surface area contributed by atoms with Crippen molar-refractivity contribution < 1.29 is 13.2 Å². The lowest BCUT2D eigenvalue weighted by atomic mass is 9.98. The van der Waals surface area contributed by atoms with Gasteiger partial charge in [-0.05, 0) is 31.0 Å². The minimum Gasteiger partial charge on any atom is -0.325 e. The van der Waals surface area contributed by atoms with Crippen molar-refractivity contribution in [1.29, 1.82) is 0 Å². The summed E-state index contributed by atoms with van der Waals surface area (Å²) in [7, 11) is -3.80. The SMILES string of the molecule is CCCCC(CC)C(=O)Nc1ccc(S(N)(=O)=O)cc1Cl. The molecule has 0 saturated carbocycles. The van der Waals surface area contributed by atoms with Gasteiger partial charge < -0.3 is 5.32 Å². The monoisotopic (exact) mass is 332 g/mol. The molecule has 5 nitrogen and oxygen atoms in total. The van der Waals surface area contributed by atoms with Crippen LogP contribution < -0.4 is 10.5 Å². The van der Waals surface area contributed by atoms with Crippen molar-refractivity contribution in [2.45, 2.75) is 44.4 Å². The first-order chi connectivity index (χ1) is 9.79. The summed E-state index contributed by atoms with van der Waals surface area (Å²) in [6.45, 7) is 4.04. The van der Waals surface area contributed by atoms with Crippen LogP contribution in [-0.2, 0) is 14.8 Å². The Hall–Kier alpha value is -1.11. The first kappa shape index (κ1) is 17.9. The summed E-state index contributed by atoms with van der Waals surface area (Å²) in [5.74, 6) is -0.171. The Labute approximate surface area is 130 Å². The molecule has 1 aromatic carbocycles. The third-order valence-electron chi connectivity index (χ3n) is 3.30. The Morgan fingerprint density at radius 2 is 2.05 bits per heavy atom. The smallest absolute Gasteiger partial charge is 0.238 e. The van der Waals surface area contributed by atoms with Crippen LogP contribution in [0.2, 0.25) is 5.02 Å². The van der Waals surface area contributed by atoms with Crippen LogP contribution in [0.4, 0.5) is 5.69 Å². The van der Waals surface area contributed by atoms with Gasteiger partial charge >= 0.3 is 0 Å². The van der Waals surface area contributed by atoms with E-state index in [1.807, 2.05) is 6.92 Å². The molecule has 1 rings (SSSR count). The highest BCUT2D eigenvalue weighted by Gasteiger charge is 2.18. The van der Waals surface area contributed by atoms with E-state index in [4.69, 9.17) is 16.7 Å². The number of amides is 1. The summed E-state index contributed by atoms with van der Waals surface area (Å²) in [5, 5.41) is 7.92. The number of carbonyl (C=O) groups is 1. The van der Waals surface area contributed by atoms with Gasteiger partial charge in [0.05, 0.1) is 15.6 Å². The number of primary sulfonamides is 1. The van der Waals surface area contributed by atoms with Crippen molar-refractivity contribution in [2.75, 3.05) is 5.32 Å². The molecule has 1 unspecified atom stereocenters. The number of nitrogens with two attached hydrogens (primary N) is 1. The zero-order valence-electron chi connectivity index (χ0n) is 12.2. The van der Waals surface area contributed by atoms with Crippen molar-refractivity contribution in [3.8, 4) is 0 Å². The Kier molecular flexibility index (Phi) is 6.64. The fraction of sp³-hybridized carbons (Fsp3) is 0.500. The maximum Gasteiger partial charge on any atom is 0.238 e. The van der Waals surface area contributed by atoms with E-state index in [2.05, 4.69) is 12.2 Å². The van der Waals surface area contributed by atoms with Gasteiger partial charge in [0.25, 0.3) is 0 Å². The normalized spacial score (nSPS) is 13.0. The number of anilines is 1. The summed E-state index contributed by atoms with van der Waals surface area (Å²) >= 11 is 6.00. The predicted molar refractivity (Wildman–Crippen MR) is 84.8 cm³/mol. The molecule has 0 bridgehead atoms. The summed E-state index contributed by atoms with van der Waals surface area (Å²) < 4.78 is 22.4. The molecule has 0 radical (unpaired) electrons. The van der Waals surface area contributed by atoms with Gasteiger partial charge in [-0.2, -0.15) is 0 Å². The molecule has 118 valence electrons. The molecule has 1 aromatic rings. The molecule has 0 aliphatic heterocycles. The first-order valence-corrected chi connectivity index (χ1v) is 8.85. The number of hydrogen-bond acceptors (Lipinski definition) is 3. The maximum atomic E-state index is 12.2. The summed E-state index contributed by atoms with van der Waals surface area (Å²) in [6.07, 6.45) is 3.60. The van der Waals surface area contributed by atoms with E-state index in [0.717, 1.165) is 25.7 Å². The van der Waals surface area contributed by atoms with Crippen LogP contribution >= 0.6 is 11.6 Å². The number of nitrogens with one attached hydrogen (secondary N) is 1. The van der Waals surface area contributed by atoms with E-state index in [0.29, 0.717) is 5.69 Å². The summed E-state index contributed by atoms with van der Waals surface area (Å²) in [4.78, 5) is 12.1. The summed E-state index contributed by atoms with van der Waals surface area (Å²) in [6, 6.07) is 4.01. The lowest BCUT2D eigenvalue weighted by Gasteiger charge is -2.15. The zero-order valence-corrected chi connectivity index (χ0v) is 13.8. The number of benzene rings is 1. The molecule has 0 fully saturated rings. The van der Waals surface area contributed by atoms with Crippen molar-refractivity contribution in [3.63, 3.8) is 0 Å². The fourth-order valence-electron chi connectivity index (χ4n) is 1.98. The van der Waals surface area contributed by atoms with Crippen LogP contribution in [0.15, 0.2) is 23.1 Å². The second kappa shape index (κ2) is 7.77. The van der Waals surface area contributed by atoms with E-state index in [-0.39, 0.29) is 21.7 Å². The second-order valence-corrected chi connectivity index (χ2v) is 6.89. The van der Waals surface area contributed by atoms with Crippen LogP contribution in [0, 0.1) is 5.92 Å². The van der Waals surface area contributed by atoms with Gasteiger partial charge in [0.1, 0.15) is 0 Å². The third kappa shape index (κ3) is 5.30. The lowest BCUT2D eigenvalue weighted by molar-refractivity contribution is -0.120. The van der Waals surface area contributed by atoms with Crippen LogP contribution in [0.1, 0.15) is 39.5 Å². The Bertz CT molecular complexity index is 602. The lowest BCUT2D eigenvalue weighted by Crippen LogP contribution is -2.22. The average Bonchev–Trinajstić information content (AvgIpc) is 2.40. The van der Waals surface area contributed by atoms with Gasteiger partial charge in [-0.25, -0.2) is 13.6 Å². The average molecular weight is 333 g/mol. The molecule has 1 amide bonds. The zero-order chi connectivity index (χ0) is 16.0. The van der Waals surface area contributed by atoms with Gasteiger partial charge in [-0.1, -0.05) is 38.3 Å². The quantitative estimate of drug-likeness (QED) is 0.803. The number of rotatable bonds is 7. The third-order valence-corrected chi connectivity index (χ3v) is 4.52. The number of unbranched alkanes of at least 4 members (excludes halogenated alkanes) is 1. The van der Waals surface area contributed by atoms with Crippen LogP contribution in [0.5, 0.6) is 0 Å². The number of hydrogen-bond donors (Lipinski definition) is 2. The molecule has 0 aliphatic rings. The van der Waals surface area contributed by atoms with Crippen LogP contribution in [0.3, 0.4) is 0 Å². The molecular weight excluding hydrogens is 312 g/mol. The fourth-order valence-corrected chi connectivity index (χ4v) is 2.81. The maximum absolute atomic E-state index is 12.2. The van der Waals surface area contributed by atoms with Gasteiger partial charge in [0.2, 0.25) is 15.9 Å². The molecular formula is C14H21ClN2O3S. The van der Waals surface area contributed by atoms with Crippen molar-refractivity contribution >= 4 is 33.2 Å². The highest BCUT2D eigenvalue weighted by molar-refractivity contribution is 7.89. The number of sulfonamides is 1. The standard InChI is InChI=1S/C14H21ClN2O3S/c1-3-5-6-10(4-2)14(18)17-13-8-7-11(9-12(13)15)21(16,19)20/h7-10H,3-6H2,1-2H3,(H,17,18)(H2,16,19,20). The minimum absolute atomic E-state index is 0.0704. The van der Waals surface area contributed by atoms with E-state index in [1.165, 1.54) is 18.2 Å². The predicted octanol–water partition coefficient (Wildman–Crippen LogP) is 3.14. The van der Waals surface area contributed by atoms with Crippen molar-refractivity contribution in [3.05, 3.63) is 23.2 Å². The van der Waals surface area contributed by atoms with E-state index in [9.17, 15) is 13.2 Å². The number of halogens is 1. The van der Waals surface area contributed by atoms with Crippen molar-refractivity contribution in [2.24, 2.45) is 11.1 Å². The molecule has 0 saturated heterocycles. The molecule has 7 heteroatoms. The van der Waals surface area contributed by atoms with Gasteiger partial charge in [-0.3, -0.25) is 4.79 Å². The molecule has 3 N–H and O–H groups in total. The summed E-state index contributed by atoms with van der Waals surface area (Å²) in [5.41, 5.74) is 0.393. The van der Waals surface area contributed by atoms with Crippen LogP contribution in [-0.4, -0.2) is 14.3 Å². The van der Waals surface area contributed by atoms with Gasteiger partial charge in [0, 0.05) is 5.92 Å². The highest BCUT2D eigenvalue weighted by atomic mass is 35.5. The number of carbonyl (C=O) groups excluding carboxylic acids is 1. The first-order valence-electron chi connectivity index (χ1n) is 6.92. The molecule has 0 aliphatic carbocycles. The largest absolute Gasteiger partial charge is 0.325 e. The minimum atomic E-state index is -3.80. The van der Waals surface area contributed by atoms with E-state index in [1.54, 1.807) is 0 Å². The van der Waals surface area contributed by atoms with E-state index >= 15 is 0 Å². The van der Waals surface area contributed by atoms with Gasteiger partial charge in [0.15, 0.2) is 0 Å². The second-order valence-electron chi connectivity index (χ2n) is 4.92. The Morgan fingerprint density at radius 3 is 2.52 bits per heavy atom. The molecule has 21 heavy (non-hydrogen) atoms. The Morgan fingerprint density at radius 1 is 1.38 bits per heavy atom. The highest BCUT2D eigenvalue weighted by Crippen LogP contribution is 2.26. The molecule has 0 spiro atoms. The van der Waals surface area contributed by atoms with E-state index < -0.39 is 10.0 Å². The molecule has 1 atom stereocenters. The molecule has 0 heterocycles. The Balaban J connectivity index is 2.85.